The lowest BCUT2D eigenvalue weighted by Crippen LogP contribution is -2.37. The van der Waals surface area contributed by atoms with Gasteiger partial charge in [-0.05, 0) is 57.0 Å². The molecule has 0 aliphatic carbocycles. The molecule has 1 atom stereocenters. The topological polar surface area (TPSA) is 102 Å². The summed E-state index contributed by atoms with van der Waals surface area (Å²) in [5.74, 6) is 0.0290. The van der Waals surface area contributed by atoms with Crippen LogP contribution in [0.1, 0.15) is 31.5 Å². The number of thiazole rings is 1. The Bertz CT molecular complexity index is 1220. The molecule has 1 aliphatic heterocycles. The Morgan fingerprint density at radius 1 is 1.30 bits per heavy atom. The molecule has 7 nitrogen and oxygen atoms in total. The molecule has 1 unspecified atom stereocenters. The minimum absolute atomic E-state index is 0.0290. The van der Waals surface area contributed by atoms with Gasteiger partial charge in [0, 0.05) is 30.3 Å². The number of halogens is 1. The second-order valence-electron chi connectivity index (χ2n) is 8.72. The van der Waals surface area contributed by atoms with E-state index in [1.807, 2.05) is 19.1 Å². The van der Waals surface area contributed by atoms with Crippen molar-refractivity contribution in [3.8, 4) is 27.8 Å². The van der Waals surface area contributed by atoms with Gasteiger partial charge in [-0.3, -0.25) is 5.32 Å². The van der Waals surface area contributed by atoms with Crippen LogP contribution < -0.4 is 5.32 Å². The number of pyridine rings is 1. The summed E-state index contributed by atoms with van der Waals surface area (Å²) >= 11 is 7.55. The quantitative estimate of drug-likeness (QED) is 0.490. The molecule has 0 saturated carbocycles. The van der Waals surface area contributed by atoms with Crippen molar-refractivity contribution in [3.63, 3.8) is 0 Å². The highest BCUT2D eigenvalue weighted by atomic mass is 35.5. The number of aryl methyl sites for hydroxylation is 1. The third kappa shape index (κ3) is 5.17. The number of nitriles is 1. The van der Waals surface area contributed by atoms with Crippen LogP contribution in [-0.4, -0.2) is 44.7 Å². The molecule has 2 N–H and O–H groups in total. The van der Waals surface area contributed by atoms with Gasteiger partial charge in [-0.25, -0.2) is 14.8 Å². The lowest BCUT2D eigenvalue weighted by molar-refractivity contribution is 0.0227. The number of aromatic nitrogens is 2. The number of hydrogen-bond donors (Lipinski definition) is 2. The van der Waals surface area contributed by atoms with Gasteiger partial charge in [0.15, 0.2) is 5.13 Å². The summed E-state index contributed by atoms with van der Waals surface area (Å²) in [6.07, 6.45) is 0.751. The zero-order valence-electron chi connectivity index (χ0n) is 18.6. The number of nitrogens with zero attached hydrogens (tertiary/aromatic N) is 4. The van der Waals surface area contributed by atoms with Gasteiger partial charge < -0.3 is 10.0 Å². The maximum Gasteiger partial charge on any atom is 0.323 e. The number of nitrogens with one attached hydrogen (secondary N) is 1. The van der Waals surface area contributed by atoms with E-state index in [1.54, 1.807) is 43.0 Å². The summed E-state index contributed by atoms with van der Waals surface area (Å²) < 4.78 is 0. The van der Waals surface area contributed by atoms with Crippen molar-refractivity contribution in [2.75, 3.05) is 18.4 Å². The molecule has 4 rings (SSSR count). The number of likely N-dealkylation sites (tertiary alicyclic amines) is 1. The van der Waals surface area contributed by atoms with Crippen molar-refractivity contribution in [2.24, 2.45) is 5.92 Å². The monoisotopic (exact) mass is 481 g/mol. The van der Waals surface area contributed by atoms with Gasteiger partial charge in [0.25, 0.3) is 0 Å². The fraction of sp³-hybridized carbons (Fsp3) is 0.333. The SMILES string of the molecule is Cc1cc(-c2sc(NC(=O)N3CCC(C(C)(C)O)C3)nc2-c2cccc(C#N)c2)cc(Cl)n1. The highest BCUT2D eigenvalue weighted by Gasteiger charge is 2.35. The van der Waals surface area contributed by atoms with Crippen LogP contribution in [0.5, 0.6) is 0 Å². The van der Waals surface area contributed by atoms with Crippen LogP contribution in [0, 0.1) is 24.2 Å². The first-order chi connectivity index (χ1) is 15.6. The summed E-state index contributed by atoms with van der Waals surface area (Å²) in [6.45, 7) is 6.48. The lowest BCUT2D eigenvalue weighted by Gasteiger charge is -2.25. The van der Waals surface area contributed by atoms with Crippen molar-refractivity contribution >= 4 is 34.1 Å². The minimum atomic E-state index is -0.833. The van der Waals surface area contributed by atoms with Gasteiger partial charge in [-0.1, -0.05) is 35.1 Å². The van der Waals surface area contributed by atoms with Gasteiger partial charge in [-0.2, -0.15) is 5.26 Å². The molecular weight excluding hydrogens is 458 g/mol. The zero-order valence-corrected chi connectivity index (χ0v) is 20.2. The summed E-state index contributed by atoms with van der Waals surface area (Å²) in [7, 11) is 0. The number of carbonyl (C=O) groups is 1. The Morgan fingerprint density at radius 2 is 2.09 bits per heavy atom. The average Bonchev–Trinajstić information content (AvgIpc) is 3.41. The molecule has 0 spiro atoms. The fourth-order valence-electron chi connectivity index (χ4n) is 3.95. The largest absolute Gasteiger partial charge is 0.390 e. The number of carbonyl (C=O) groups excluding carboxylic acids is 1. The van der Waals surface area contributed by atoms with E-state index < -0.39 is 5.60 Å². The van der Waals surface area contributed by atoms with Crippen LogP contribution in [0.4, 0.5) is 9.93 Å². The Hall–Kier alpha value is -2.99. The number of amides is 2. The molecule has 1 aromatic carbocycles. The third-order valence-corrected chi connectivity index (χ3v) is 6.98. The first-order valence-electron chi connectivity index (χ1n) is 10.6. The van der Waals surface area contributed by atoms with E-state index in [-0.39, 0.29) is 11.9 Å². The molecule has 3 heterocycles. The van der Waals surface area contributed by atoms with E-state index in [1.165, 1.54) is 11.3 Å². The Kier molecular flexibility index (Phi) is 6.39. The Morgan fingerprint density at radius 3 is 2.76 bits per heavy atom. The molecule has 2 aromatic heterocycles. The Labute approximate surface area is 201 Å². The molecule has 0 bridgehead atoms. The number of benzene rings is 1. The number of rotatable bonds is 4. The number of anilines is 1. The normalized spacial score (nSPS) is 16.0. The van der Waals surface area contributed by atoms with Crippen LogP contribution in [0.3, 0.4) is 0 Å². The van der Waals surface area contributed by atoms with Crippen LogP contribution >= 0.6 is 22.9 Å². The van der Waals surface area contributed by atoms with E-state index in [9.17, 15) is 15.2 Å². The van der Waals surface area contributed by atoms with Crippen molar-refractivity contribution in [1.82, 2.24) is 14.9 Å². The van der Waals surface area contributed by atoms with E-state index in [4.69, 9.17) is 16.6 Å². The fourth-order valence-corrected chi connectivity index (χ4v) is 5.17. The molecule has 170 valence electrons. The minimum Gasteiger partial charge on any atom is -0.390 e. The van der Waals surface area contributed by atoms with Gasteiger partial charge in [0.05, 0.1) is 27.8 Å². The first-order valence-corrected chi connectivity index (χ1v) is 11.8. The van der Waals surface area contributed by atoms with E-state index in [2.05, 4.69) is 16.4 Å². The van der Waals surface area contributed by atoms with Crippen LogP contribution in [-0.2, 0) is 0 Å². The molecule has 1 fully saturated rings. The number of urea groups is 1. The van der Waals surface area contributed by atoms with Crippen molar-refractivity contribution < 1.29 is 9.90 Å². The molecule has 33 heavy (non-hydrogen) atoms. The molecule has 1 saturated heterocycles. The second kappa shape index (κ2) is 9.10. The number of hydrogen-bond acceptors (Lipinski definition) is 6. The van der Waals surface area contributed by atoms with Crippen molar-refractivity contribution in [2.45, 2.75) is 32.8 Å². The molecule has 1 aliphatic rings. The van der Waals surface area contributed by atoms with Gasteiger partial charge in [0.2, 0.25) is 0 Å². The molecule has 9 heteroatoms. The van der Waals surface area contributed by atoms with E-state index in [0.29, 0.717) is 34.6 Å². The summed E-state index contributed by atoms with van der Waals surface area (Å²) in [4.78, 5) is 24.4. The summed E-state index contributed by atoms with van der Waals surface area (Å²) in [5.41, 5.74) is 2.73. The zero-order chi connectivity index (χ0) is 23.8. The first kappa shape index (κ1) is 23.2. The van der Waals surface area contributed by atoms with Crippen LogP contribution in [0.15, 0.2) is 36.4 Å². The van der Waals surface area contributed by atoms with Crippen LogP contribution in [0.25, 0.3) is 21.7 Å². The number of aliphatic hydroxyl groups is 1. The highest BCUT2D eigenvalue weighted by molar-refractivity contribution is 7.19. The highest BCUT2D eigenvalue weighted by Crippen LogP contribution is 2.40. The second-order valence-corrected chi connectivity index (χ2v) is 10.1. The summed E-state index contributed by atoms with van der Waals surface area (Å²) in [6, 6.07) is 12.8. The van der Waals surface area contributed by atoms with Gasteiger partial charge >= 0.3 is 6.03 Å². The molecule has 0 radical (unpaired) electrons. The van der Waals surface area contributed by atoms with Crippen molar-refractivity contribution in [1.29, 1.82) is 5.26 Å². The maximum absolute atomic E-state index is 12.9. The maximum atomic E-state index is 12.9. The van der Waals surface area contributed by atoms with E-state index >= 15 is 0 Å². The van der Waals surface area contributed by atoms with E-state index in [0.717, 1.165) is 28.1 Å². The Balaban J connectivity index is 1.68. The van der Waals surface area contributed by atoms with Crippen LogP contribution in [0.2, 0.25) is 5.15 Å². The molecule has 3 aromatic rings. The predicted molar refractivity (Wildman–Crippen MR) is 130 cm³/mol. The van der Waals surface area contributed by atoms with Crippen molar-refractivity contribution in [3.05, 3.63) is 52.8 Å². The smallest absolute Gasteiger partial charge is 0.323 e. The molecular formula is C24H24ClN5O2S. The third-order valence-electron chi connectivity index (χ3n) is 5.77. The van der Waals surface area contributed by atoms with Gasteiger partial charge in [-0.15, -0.1) is 0 Å². The summed E-state index contributed by atoms with van der Waals surface area (Å²) in [5, 5.41) is 23.3. The average molecular weight is 482 g/mol. The standard InChI is InChI=1S/C24H24ClN5O2S/c1-14-9-17(11-19(25)27-14)21-20(16-6-4-5-15(10-16)12-26)28-22(33-21)29-23(31)30-8-7-18(13-30)24(2,3)32/h4-6,9-11,18,32H,7-8,13H2,1-3H3,(H,28,29,31). The lowest BCUT2D eigenvalue weighted by atomic mass is 9.91. The van der Waals surface area contributed by atoms with Gasteiger partial charge in [0.1, 0.15) is 5.15 Å². The predicted octanol–water partition coefficient (Wildman–Crippen LogP) is 5.33. The molecule has 2 amide bonds.